The van der Waals surface area contributed by atoms with Crippen LogP contribution >= 0.6 is 0 Å². The number of fused-ring (bicyclic) bond motifs is 2. The van der Waals surface area contributed by atoms with Gasteiger partial charge in [-0.1, -0.05) is 60.6 Å². The SMILES string of the molecule is COC(=O)C(C)C(C)/C=C/C(C)C1CCC2(C)C3CCC4C(C)(C)C(OC(C)=O)CCC45CC35CCC12C. The molecule has 5 aliphatic carbocycles. The van der Waals surface area contributed by atoms with Gasteiger partial charge in [0.05, 0.1) is 13.0 Å². The standard InChI is InChI=1S/C34H54O4/c1-21(23(3)29(36)37-9)10-11-22(2)25-14-16-32(8)27-13-12-26-30(5,6)28(38-24(4)35)15-17-33(26)20-34(27,33)19-18-31(25,32)7/h10-11,21-23,25-28H,12-20H2,1-9H3/b11-10+. The van der Waals surface area contributed by atoms with Crippen LogP contribution in [0.2, 0.25) is 0 Å². The second-order valence-corrected chi connectivity index (χ2v) is 15.5. The van der Waals surface area contributed by atoms with Gasteiger partial charge in [-0.15, -0.1) is 0 Å². The van der Waals surface area contributed by atoms with Crippen LogP contribution in [-0.4, -0.2) is 25.2 Å². The van der Waals surface area contributed by atoms with E-state index in [9.17, 15) is 9.59 Å². The Hall–Kier alpha value is -1.32. The highest BCUT2D eigenvalue weighted by atomic mass is 16.5. The molecule has 5 saturated carbocycles. The summed E-state index contributed by atoms with van der Waals surface area (Å²) >= 11 is 0. The van der Waals surface area contributed by atoms with Crippen LogP contribution in [0.25, 0.3) is 0 Å². The van der Waals surface area contributed by atoms with E-state index in [-0.39, 0.29) is 35.3 Å². The van der Waals surface area contributed by atoms with E-state index in [1.54, 1.807) is 6.92 Å². The van der Waals surface area contributed by atoms with Crippen molar-refractivity contribution in [3.63, 3.8) is 0 Å². The van der Waals surface area contributed by atoms with E-state index >= 15 is 0 Å². The molecular formula is C34H54O4. The molecule has 0 aromatic rings. The summed E-state index contributed by atoms with van der Waals surface area (Å²) in [5.74, 6) is 2.56. The Morgan fingerprint density at radius 3 is 2.13 bits per heavy atom. The van der Waals surface area contributed by atoms with Crippen LogP contribution in [0.4, 0.5) is 0 Å². The van der Waals surface area contributed by atoms with Gasteiger partial charge in [0.25, 0.3) is 0 Å². The fourth-order valence-corrected chi connectivity index (χ4v) is 11.7. The molecule has 4 nitrogen and oxygen atoms in total. The molecule has 0 radical (unpaired) electrons. The maximum Gasteiger partial charge on any atom is 0.308 e. The highest BCUT2D eigenvalue weighted by Crippen LogP contribution is 2.89. The Bertz CT molecular complexity index is 998. The maximum absolute atomic E-state index is 12.0. The van der Waals surface area contributed by atoms with Crippen molar-refractivity contribution in [2.24, 2.45) is 62.6 Å². The molecule has 2 spiro atoms. The minimum Gasteiger partial charge on any atom is -0.469 e. The number of hydrogen-bond acceptors (Lipinski definition) is 4. The molecule has 0 aliphatic heterocycles. The van der Waals surface area contributed by atoms with Gasteiger partial charge >= 0.3 is 11.9 Å². The highest BCUT2D eigenvalue weighted by Gasteiger charge is 2.82. The third-order valence-electron chi connectivity index (χ3n) is 14.1. The first-order chi connectivity index (χ1) is 17.7. The monoisotopic (exact) mass is 526 g/mol. The van der Waals surface area contributed by atoms with Gasteiger partial charge in [-0.2, -0.15) is 0 Å². The average molecular weight is 527 g/mol. The average Bonchev–Trinajstić information content (AvgIpc) is 3.45. The number of methoxy groups -OCH3 is 1. The van der Waals surface area contributed by atoms with Crippen molar-refractivity contribution in [2.75, 3.05) is 7.11 Å². The predicted octanol–water partition coefficient (Wildman–Crippen LogP) is 7.99. The molecule has 0 amide bonds. The molecule has 0 bridgehead atoms. The number of carbonyl (C=O) groups excluding carboxylic acids is 2. The highest BCUT2D eigenvalue weighted by molar-refractivity contribution is 5.72. The molecule has 5 fully saturated rings. The van der Waals surface area contributed by atoms with Crippen molar-refractivity contribution in [1.82, 2.24) is 0 Å². The van der Waals surface area contributed by atoms with Crippen molar-refractivity contribution in [2.45, 2.75) is 119 Å². The van der Waals surface area contributed by atoms with Crippen molar-refractivity contribution in [3.05, 3.63) is 12.2 Å². The first-order valence-electron chi connectivity index (χ1n) is 15.6. The second-order valence-electron chi connectivity index (χ2n) is 15.5. The van der Waals surface area contributed by atoms with E-state index in [2.05, 4.69) is 53.7 Å². The number of hydrogen-bond donors (Lipinski definition) is 0. The van der Waals surface area contributed by atoms with Gasteiger partial charge in [-0.25, -0.2) is 0 Å². The molecule has 0 N–H and O–H groups in total. The van der Waals surface area contributed by atoms with Crippen LogP contribution in [0.5, 0.6) is 0 Å². The summed E-state index contributed by atoms with van der Waals surface area (Å²) in [4.78, 5) is 23.9. The van der Waals surface area contributed by atoms with Crippen LogP contribution < -0.4 is 0 Å². The van der Waals surface area contributed by atoms with Gasteiger partial charge in [-0.3, -0.25) is 9.59 Å². The first kappa shape index (κ1) is 28.2. The lowest BCUT2D eigenvalue weighted by Gasteiger charge is -2.63. The largest absolute Gasteiger partial charge is 0.469 e. The maximum atomic E-state index is 12.0. The third-order valence-corrected chi connectivity index (χ3v) is 14.1. The summed E-state index contributed by atoms with van der Waals surface area (Å²) in [6.45, 7) is 18.2. The lowest BCUT2D eigenvalue weighted by molar-refractivity contribution is -0.181. The van der Waals surface area contributed by atoms with Gasteiger partial charge in [-0.05, 0) is 109 Å². The van der Waals surface area contributed by atoms with E-state index in [4.69, 9.17) is 9.47 Å². The van der Waals surface area contributed by atoms with Crippen LogP contribution in [0.3, 0.4) is 0 Å². The summed E-state index contributed by atoms with van der Waals surface area (Å²) in [6, 6.07) is 0. The second kappa shape index (κ2) is 9.10. The summed E-state index contributed by atoms with van der Waals surface area (Å²) in [7, 11) is 1.48. The molecular weight excluding hydrogens is 472 g/mol. The Morgan fingerprint density at radius 2 is 1.47 bits per heavy atom. The van der Waals surface area contributed by atoms with Crippen molar-refractivity contribution < 1.29 is 19.1 Å². The normalized spacial score (nSPS) is 47.1. The zero-order valence-corrected chi connectivity index (χ0v) is 25.7. The minimum absolute atomic E-state index is 0.0651. The Morgan fingerprint density at radius 1 is 0.816 bits per heavy atom. The van der Waals surface area contributed by atoms with Gasteiger partial charge in [0.15, 0.2) is 0 Å². The molecule has 0 aromatic carbocycles. The summed E-state index contributed by atoms with van der Waals surface area (Å²) in [5, 5.41) is 0. The van der Waals surface area contributed by atoms with Crippen molar-refractivity contribution in [1.29, 1.82) is 0 Å². The van der Waals surface area contributed by atoms with Crippen LogP contribution in [0.1, 0.15) is 113 Å². The lowest BCUT2D eigenvalue weighted by Crippen LogP contribution is -2.58. The quantitative estimate of drug-likeness (QED) is 0.260. The molecule has 214 valence electrons. The van der Waals surface area contributed by atoms with Gasteiger partial charge in [0.1, 0.15) is 6.10 Å². The van der Waals surface area contributed by atoms with Gasteiger partial charge < -0.3 is 9.47 Å². The molecule has 0 aromatic heterocycles. The number of rotatable bonds is 6. The molecule has 11 unspecified atom stereocenters. The first-order valence-corrected chi connectivity index (χ1v) is 15.6. The molecule has 38 heavy (non-hydrogen) atoms. The fourth-order valence-electron chi connectivity index (χ4n) is 11.7. The van der Waals surface area contributed by atoms with E-state index in [0.29, 0.717) is 39.4 Å². The van der Waals surface area contributed by atoms with Gasteiger partial charge in [0, 0.05) is 12.3 Å². The van der Waals surface area contributed by atoms with E-state index < -0.39 is 0 Å². The number of allylic oxidation sites excluding steroid dienone is 2. The van der Waals surface area contributed by atoms with Crippen LogP contribution in [0, 0.1) is 62.6 Å². The van der Waals surface area contributed by atoms with E-state index in [1.165, 1.54) is 58.5 Å². The van der Waals surface area contributed by atoms with Crippen LogP contribution in [0.15, 0.2) is 12.2 Å². The smallest absolute Gasteiger partial charge is 0.308 e. The Balaban J connectivity index is 1.35. The summed E-state index contributed by atoms with van der Waals surface area (Å²) in [6.07, 6.45) is 16.5. The molecule has 5 aliphatic rings. The predicted molar refractivity (Wildman–Crippen MR) is 151 cm³/mol. The number of carbonyl (C=O) groups is 2. The zero-order chi connectivity index (χ0) is 27.9. The van der Waals surface area contributed by atoms with Gasteiger partial charge in [0.2, 0.25) is 0 Å². The number of esters is 2. The number of ether oxygens (including phenoxy) is 2. The Kier molecular flexibility index (Phi) is 6.76. The fraction of sp³-hybridized carbons (Fsp3) is 0.882. The minimum atomic E-state index is -0.119. The molecule has 4 heteroatoms. The summed E-state index contributed by atoms with van der Waals surface area (Å²) in [5.41, 5.74) is 1.82. The molecule has 11 atom stereocenters. The lowest BCUT2D eigenvalue weighted by atomic mass is 9.42. The Labute approximate surface area is 232 Å². The zero-order valence-electron chi connectivity index (χ0n) is 25.7. The molecule has 0 saturated heterocycles. The molecule has 5 rings (SSSR count). The van der Waals surface area contributed by atoms with Crippen molar-refractivity contribution in [3.8, 4) is 0 Å². The summed E-state index contributed by atoms with van der Waals surface area (Å²) < 4.78 is 10.9. The third kappa shape index (κ3) is 3.66. The van der Waals surface area contributed by atoms with E-state index in [0.717, 1.165) is 12.3 Å². The molecule has 0 heterocycles. The topological polar surface area (TPSA) is 52.6 Å². The van der Waals surface area contributed by atoms with E-state index in [1.807, 2.05) is 6.92 Å². The van der Waals surface area contributed by atoms with Crippen molar-refractivity contribution >= 4 is 11.9 Å². The van der Waals surface area contributed by atoms with Crippen LogP contribution in [-0.2, 0) is 19.1 Å².